The van der Waals surface area contributed by atoms with E-state index in [9.17, 15) is 4.79 Å². The number of pyridine rings is 1. The van der Waals surface area contributed by atoms with Crippen LogP contribution < -0.4 is 10.1 Å². The molecule has 24 heavy (non-hydrogen) atoms. The van der Waals surface area contributed by atoms with Crippen LogP contribution in [0.2, 0.25) is 0 Å². The van der Waals surface area contributed by atoms with Gasteiger partial charge < -0.3 is 10.1 Å². The molecule has 1 aromatic heterocycles. The number of piperidine rings is 1. The summed E-state index contributed by atoms with van der Waals surface area (Å²) < 4.78 is 5.29. The highest BCUT2D eigenvalue weighted by Crippen LogP contribution is 2.27. The van der Waals surface area contributed by atoms with Crippen LogP contribution >= 0.6 is 0 Å². The Kier molecular flexibility index (Phi) is 5.26. The van der Waals surface area contributed by atoms with Crippen molar-refractivity contribution in [3.8, 4) is 5.75 Å². The minimum atomic E-state index is 0.188. The summed E-state index contributed by atoms with van der Waals surface area (Å²) in [4.78, 5) is 17.1. The summed E-state index contributed by atoms with van der Waals surface area (Å²) in [7, 11) is 1.63. The molecule has 126 valence electrons. The fraction of sp³-hybridized carbons (Fsp3) is 0.400. The summed E-state index contributed by atoms with van der Waals surface area (Å²) in [6.07, 6.45) is 6.43. The van der Waals surface area contributed by atoms with Crippen LogP contribution in [0.25, 0.3) is 10.9 Å². The van der Waals surface area contributed by atoms with Crippen LogP contribution in [-0.4, -0.2) is 31.0 Å². The van der Waals surface area contributed by atoms with Gasteiger partial charge in [0.25, 0.3) is 0 Å². The lowest BCUT2D eigenvalue weighted by Gasteiger charge is -2.27. The van der Waals surface area contributed by atoms with Crippen molar-refractivity contribution in [2.24, 2.45) is 11.8 Å². The largest absolute Gasteiger partial charge is 0.497 e. The molecule has 0 saturated carbocycles. The molecule has 1 aromatic carbocycles. The number of benzene rings is 1. The van der Waals surface area contributed by atoms with Crippen LogP contribution in [0.5, 0.6) is 5.75 Å². The zero-order valence-corrected chi connectivity index (χ0v) is 14.2. The van der Waals surface area contributed by atoms with Crippen LogP contribution in [0.1, 0.15) is 29.6 Å². The quantitative estimate of drug-likeness (QED) is 0.656. The molecule has 1 fully saturated rings. The second kappa shape index (κ2) is 7.58. The van der Waals surface area contributed by atoms with Crippen molar-refractivity contribution in [2.75, 3.05) is 20.2 Å². The number of methoxy groups -OCH3 is 1. The predicted molar refractivity (Wildman–Crippen MR) is 95.3 cm³/mol. The summed E-state index contributed by atoms with van der Waals surface area (Å²) in [5.41, 5.74) is 1.58. The van der Waals surface area contributed by atoms with Gasteiger partial charge in [0.2, 0.25) is 0 Å². The fourth-order valence-electron chi connectivity index (χ4n) is 3.64. The molecule has 1 saturated heterocycles. The van der Waals surface area contributed by atoms with E-state index in [1.54, 1.807) is 13.3 Å². The van der Waals surface area contributed by atoms with Crippen molar-refractivity contribution in [3.63, 3.8) is 0 Å². The van der Waals surface area contributed by atoms with Gasteiger partial charge in [0.1, 0.15) is 5.75 Å². The molecule has 0 unspecified atom stereocenters. The molecule has 0 bridgehead atoms. The highest BCUT2D eigenvalue weighted by molar-refractivity contribution is 6.07. The Balaban J connectivity index is 1.77. The van der Waals surface area contributed by atoms with Crippen LogP contribution in [0.15, 0.2) is 43.1 Å². The van der Waals surface area contributed by atoms with Gasteiger partial charge in [-0.05, 0) is 36.6 Å². The molecular formula is C20H25N2O2+. The number of hydrogen-bond acceptors (Lipinski definition) is 3. The van der Waals surface area contributed by atoms with Gasteiger partial charge in [0.15, 0.2) is 5.78 Å². The Bertz CT molecular complexity index is 741. The number of ether oxygens (including phenoxy) is 1. The second-order valence-electron chi connectivity index (χ2n) is 6.46. The molecule has 1 aliphatic rings. The van der Waals surface area contributed by atoms with Crippen LogP contribution in [0.3, 0.4) is 0 Å². The summed E-state index contributed by atoms with van der Waals surface area (Å²) in [6.45, 7) is 6.20. The van der Waals surface area contributed by atoms with Gasteiger partial charge in [-0.1, -0.05) is 6.08 Å². The topological polar surface area (TPSA) is 55.8 Å². The Morgan fingerprint density at radius 1 is 1.46 bits per heavy atom. The average Bonchev–Trinajstić information content (AvgIpc) is 2.65. The molecule has 4 nitrogen and oxygen atoms in total. The highest BCUT2D eigenvalue weighted by atomic mass is 16.5. The molecule has 0 radical (unpaired) electrons. The Morgan fingerprint density at radius 2 is 2.33 bits per heavy atom. The van der Waals surface area contributed by atoms with Crippen molar-refractivity contribution >= 4 is 16.7 Å². The van der Waals surface area contributed by atoms with Crippen molar-refractivity contribution in [1.29, 1.82) is 0 Å². The van der Waals surface area contributed by atoms with Crippen molar-refractivity contribution in [2.45, 2.75) is 19.3 Å². The summed E-state index contributed by atoms with van der Waals surface area (Å²) in [6, 6.07) is 7.49. The molecule has 2 N–H and O–H groups in total. The number of quaternary nitrogens is 1. The Labute approximate surface area is 142 Å². The number of Topliss-reactive ketones (excluding diaryl/α,β-unsaturated/α-hetero) is 1. The number of ketones is 1. The van der Waals surface area contributed by atoms with Crippen LogP contribution in [0.4, 0.5) is 0 Å². The lowest BCUT2D eigenvalue weighted by Crippen LogP contribution is -2.88. The number of carbonyl (C=O) groups excluding carboxylic acids is 1. The number of hydrogen-bond donors (Lipinski definition) is 1. The molecule has 1 aliphatic heterocycles. The molecule has 3 rings (SSSR count). The Hall–Kier alpha value is -2.20. The first-order valence-corrected chi connectivity index (χ1v) is 8.63. The van der Waals surface area contributed by atoms with E-state index in [1.807, 2.05) is 24.3 Å². The minimum absolute atomic E-state index is 0.188. The van der Waals surface area contributed by atoms with Gasteiger partial charge in [-0.15, -0.1) is 6.58 Å². The van der Waals surface area contributed by atoms with E-state index in [1.165, 1.54) is 0 Å². The highest BCUT2D eigenvalue weighted by Gasteiger charge is 2.25. The van der Waals surface area contributed by atoms with Gasteiger partial charge in [0, 0.05) is 35.9 Å². The van der Waals surface area contributed by atoms with Gasteiger partial charge >= 0.3 is 0 Å². The number of nitrogens with two attached hydrogens (primary N) is 1. The number of fused-ring (bicyclic) bond motifs is 1. The first-order chi connectivity index (χ1) is 11.7. The SMILES string of the molecule is C=C[C@H]1C[NH2+]CC[C@H]1CCC(=O)c1ccnc2ccc(OC)cc12. The smallest absolute Gasteiger partial charge is 0.163 e. The maximum Gasteiger partial charge on any atom is 0.163 e. The van der Waals surface area contributed by atoms with E-state index in [0.717, 1.165) is 48.1 Å². The van der Waals surface area contributed by atoms with E-state index in [-0.39, 0.29) is 5.78 Å². The summed E-state index contributed by atoms with van der Waals surface area (Å²) in [5, 5.41) is 3.21. The molecule has 0 aliphatic carbocycles. The van der Waals surface area contributed by atoms with E-state index in [2.05, 4.69) is 23.0 Å². The number of rotatable bonds is 6. The predicted octanol–water partition coefficient (Wildman–Crippen LogP) is 2.59. The maximum absolute atomic E-state index is 12.8. The molecular weight excluding hydrogens is 300 g/mol. The number of aromatic nitrogens is 1. The van der Waals surface area contributed by atoms with Gasteiger partial charge in [0.05, 0.1) is 25.7 Å². The minimum Gasteiger partial charge on any atom is -0.497 e. The van der Waals surface area contributed by atoms with Gasteiger partial charge in [-0.2, -0.15) is 0 Å². The van der Waals surface area contributed by atoms with Crippen LogP contribution in [0, 0.1) is 11.8 Å². The third-order valence-electron chi connectivity index (χ3n) is 5.08. The van der Waals surface area contributed by atoms with Crippen molar-refractivity contribution < 1.29 is 14.8 Å². The molecule has 0 spiro atoms. The number of carbonyl (C=O) groups is 1. The van der Waals surface area contributed by atoms with Gasteiger partial charge in [-0.25, -0.2) is 0 Å². The zero-order chi connectivity index (χ0) is 16.9. The van der Waals surface area contributed by atoms with E-state index >= 15 is 0 Å². The van der Waals surface area contributed by atoms with Crippen molar-refractivity contribution in [1.82, 2.24) is 4.98 Å². The number of nitrogens with zero attached hydrogens (tertiary/aromatic N) is 1. The molecule has 2 aromatic rings. The lowest BCUT2D eigenvalue weighted by atomic mass is 9.82. The Morgan fingerprint density at radius 3 is 3.12 bits per heavy atom. The summed E-state index contributed by atoms with van der Waals surface area (Å²) in [5.74, 6) is 2.02. The third kappa shape index (κ3) is 3.49. The van der Waals surface area contributed by atoms with Crippen LogP contribution in [-0.2, 0) is 0 Å². The van der Waals surface area contributed by atoms with E-state index in [4.69, 9.17) is 4.74 Å². The standard InChI is InChI=1S/C20H24N2O2/c1-3-14-13-21-10-8-15(14)4-7-20(23)17-9-11-22-19-6-5-16(24-2)12-18(17)19/h3,5-6,9,11-12,14-15,21H,1,4,7-8,10,13H2,2H3/p+1/t14-,15+/m0/s1. The fourth-order valence-corrected chi connectivity index (χ4v) is 3.64. The third-order valence-corrected chi connectivity index (χ3v) is 5.08. The first kappa shape index (κ1) is 16.7. The molecule has 4 heteroatoms. The molecule has 2 heterocycles. The molecule has 0 amide bonds. The monoisotopic (exact) mass is 325 g/mol. The second-order valence-corrected chi connectivity index (χ2v) is 6.46. The molecule has 2 atom stereocenters. The van der Waals surface area contributed by atoms with Gasteiger partial charge in [-0.3, -0.25) is 9.78 Å². The first-order valence-electron chi connectivity index (χ1n) is 8.63. The zero-order valence-electron chi connectivity index (χ0n) is 14.2. The normalized spacial score (nSPS) is 20.7. The average molecular weight is 325 g/mol. The summed E-state index contributed by atoms with van der Waals surface area (Å²) >= 11 is 0. The lowest BCUT2D eigenvalue weighted by molar-refractivity contribution is -0.670. The maximum atomic E-state index is 12.8. The van der Waals surface area contributed by atoms with E-state index < -0.39 is 0 Å². The van der Waals surface area contributed by atoms with E-state index in [0.29, 0.717) is 18.3 Å². The van der Waals surface area contributed by atoms with Crippen molar-refractivity contribution in [3.05, 3.63) is 48.7 Å².